The van der Waals surface area contributed by atoms with E-state index in [9.17, 15) is 0 Å². The lowest BCUT2D eigenvalue weighted by Crippen LogP contribution is -2.45. The summed E-state index contributed by atoms with van der Waals surface area (Å²) in [5.41, 5.74) is 3.60. The molecule has 1 aliphatic rings. The summed E-state index contributed by atoms with van der Waals surface area (Å²) >= 11 is 0. The Morgan fingerprint density at radius 1 is 1.07 bits per heavy atom. The Balaban J connectivity index is 0.00000320. The van der Waals surface area contributed by atoms with Crippen LogP contribution in [0.25, 0.3) is 0 Å². The van der Waals surface area contributed by atoms with E-state index in [1.54, 1.807) is 0 Å². The van der Waals surface area contributed by atoms with Crippen LogP contribution < -0.4 is 15.5 Å². The summed E-state index contributed by atoms with van der Waals surface area (Å²) in [6.45, 7) is 12.3. The summed E-state index contributed by atoms with van der Waals surface area (Å²) in [5.74, 6) is 1.82. The number of ether oxygens (including phenoxy) is 1. The van der Waals surface area contributed by atoms with Crippen molar-refractivity contribution in [1.82, 2.24) is 15.6 Å². The predicted molar refractivity (Wildman–Crippen MR) is 135 cm³/mol. The van der Waals surface area contributed by atoms with Gasteiger partial charge in [0.25, 0.3) is 0 Å². The lowest BCUT2D eigenvalue weighted by Gasteiger charge is -2.36. The van der Waals surface area contributed by atoms with Gasteiger partial charge < -0.3 is 20.3 Å². The number of pyridine rings is 1. The lowest BCUT2D eigenvalue weighted by molar-refractivity contribution is -0.00545. The molecule has 1 aliphatic heterocycles. The van der Waals surface area contributed by atoms with Gasteiger partial charge in [0, 0.05) is 32.4 Å². The number of morpholine rings is 1. The smallest absolute Gasteiger partial charge is 0.191 e. The van der Waals surface area contributed by atoms with Gasteiger partial charge in [0.2, 0.25) is 0 Å². The van der Waals surface area contributed by atoms with Crippen molar-refractivity contribution in [3.63, 3.8) is 0 Å². The van der Waals surface area contributed by atoms with Crippen LogP contribution in [-0.2, 0) is 17.8 Å². The second-order valence-electron chi connectivity index (χ2n) is 7.72. The molecule has 2 aromatic rings. The molecule has 7 heteroatoms. The molecule has 1 fully saturated rings. The summed E-state index contributed by atoms with van der Waals surface area (Å²) in [5, 5.41) is 6.70. The Bertz CT molecular complexity index is 784. The second-order valence-corrected chi connectivity index (χ2v) is 7.72. The SMILES string of the molecule is CCNC(=NCc1ccc(N2CC(C)OC(C)C2)nc1)NCc1ccc(C)cc1.I. The molecule has 2 heterocycles. The topological polar surface area (TPSA) is 61.8 Å². The van der Waals surface area contributed by atoms with Crippen molar-refractivity contribution in [2.24, 2.45) is 4.99 Å². The summed E-state index contributed by atoms with van der Waals surface area (Å²) in [6, 6.07) is 12.7. The molecule has 30 heavy (non-hydrogen) atoms. The summed E-state index contributed by atoms with van der Waals surface area (Å²) in [7, 11) is 0. The molecule has 3 rings (SSSR count). The van der Waals surface area contributed by atoms with E-state index in [2.05, 4.69) is 84.6 Å². The van der Waals surface area contributed by atoms with Gasteiger partial charge in [-0.05, 0) is 44.9 Å². The van der Waals surface area contributed by atoms with E-state index in [4.69, 9.17) is 9.73 Å². The van der Waals surface area contributed by atoms with Crippen LogP contribution in [0, 0.1) is 6.92 Å². The number of benzene rings is 1. The minimum Gasteiger partial charge on any atom is -0.372 e. The summed E-state index contributed by atoms with van der Waals surface area (Å²) < 4.78 is 5.81. The van der Waals surface area contributed by atoms with Crippen molar-refractivity contribution in [3.8, 4) is 0 Å². The van der Waals surface area contributed by atoms with Crippen LogP contribution in [0.5, 0.6) is 0 Å². The average Bonchev–Trinajstić information content (AvgIpc) is 2.71. The van der Waals surface area contributed by atoms with E-state index in [0.29, 0.717) is 6.54 Å². The van der Waals surface area contributed by atoms with E-state index in [1.165, 1.54) is 11.1 Å². The number of aliphatic imine (C=N–C) groups is 1. The number of nitrogens with one attached hydrogen (secondary N) is 2. The van der Waals surface area contributed by atoms with Crippen LogP contribution in [0.3, 0.4) is 0 Å². The highest BCUT2D eigenvalue weighted by molar-refractivity contribution is 14.0. The van der Waals surface area contributed by atoms with Crippen molar-refractivity contribution >= 4 is 35.8 Å². The van der Waals surface area contributed by atoms with Crippen LogP contribution in [-0.4, -0.2) is 42.8 Å². The number of hydrogen-bond donors (Lipinski definition) is 2. The first-order valence-corrected chi connectivity index (χ1v) is 10.5. The number of nitrogens with zero attached hydrogens (tertiary/aromatic N) is 3. The Morgan fingerprint density at radius 3 is 2.33 bits per heavy atom. The molecule has 0 aliphatic carbocycles. The number of rotatable bonds is 6. The van der Waals surface area contributed by atoms with Gasteiger partial charge in [0.15, 0.2) is 5.96 Å². The molecule has 0 saturated carbocycles. The lowest BCUT2D eigenvalue weighted by atomic mass is 10.1. The Kier molecular flexibility index (Phi) is 9.84. The van der Waals surface area contributed by atoms with Crippen molar-refractivity contribution in [2.45, 2.75) is 53.0 Å². The third kappa shape index (κ3) is 7.43. The molecular weight excluding hydrogens is 489 g/mol. The predicted octanol–water partition coefficient (Wildman–Crippen LogP) is 3.88. The van der Waals surface area contributed by atoms with E-state index < -0.39 is 0 Å². The maximum Gasteiger partial charge on any atom is 0.191 e. The maximum atomic E-state index is 5.81. The Morgan fingerprint density at radius 2 is 1.73 bits per heavy atom. The number of anilines is 1. The molecule has 0 bridgehead atoms. The van der Waals surface area contributed by atoms with Gasteiger partial charge in [-0.25, -0.2) is 9.98 Å². The van der Waals surface area contributed by atoms with Gasteiger partial charge in [0.05, 0.1) is 18.8 Å². The van der Waals surface area contributed by atoms with Crippen LogP contribution in [0.15, 0.2) is 47.6 Å². The highest BCUT2D eigenvalue weighted by Gasteiger charge is 2.22. The Labute approximate surface area is 197 Å². The highest BCUT2D eigenvalue weighted by atomic mass is 127. The van der Waals surface area contributed by atoms with E-state index in [1.807, 2.05) is 6.20 Å². The average molecular weight is 523 g/mol. The van der Waals surface area contributed by atoms with Crippen molar-refractivity contribution in [1.29, 1.82) is 0 Å². The standard InChI is InChI=1S/C23H33N5O.HI/c1-5-24-23(26-12-20-8-6-17(2)7-9-20)27-14-21-10-11-22(25-13-21)28-15-18(3)29-19(4)16-28;/h6-11,13,18-19H,5,12,14-16H2,1-4H3,(H2,24,26,27);1H. The van der Waals surface area contributed by atoms with Gasteiger partial charge in [-0.15, -0.1) is 24.0 Å². The fourth-order valence-corrected chi connectivity index (χ4v) is 3.47. The molecule has 1 saturated heterocycles. The molecule has 0 amide bonds. The fraction of sp³-hybridized carbons (Fsp3) is 0.478. The normalized spacial score (nSPS) is 19.2. The zero-order valence-electron chi connectivity index (χ0n) is 18.4. The van der Waals surface area contributed by atoms with Crippen LogP contribution in [0.1, 0.15) is 37.5 Å². The van der Waals surface area contributed by atoms with Crippen molar-refractivity contribution in [3.05, 3.63) is 59.3 Å². The van der Waals surface area contributed by atoms with Crippen LogP contribution >= 0.6 is 24.0 Å². The number of aromatic nitrogens is 1. The van der Waals surface area contributed by atoms with E-state index in [-0.39, 0.29) is 36.2 Å². The van der Waals surface area contributed by atoms with Gasteiger partial charge in [-0.1, -0.05) is 35.9 Å². The van der Waals surface area contributed by atoms with E-state index >= 15 is 0 Å². The molecule has 2 unspecified atom stereocenters. The zero-order chi connectivity index (χ0) is 20.6. The first-order chi connectivity index (χ1) is 14.0. The number of hydrogen-bond acceptors (Lipinski definition) is 4. The molecule has 0 spiro atoms. The van der Waals surface area contributed by atoms with E-state index in [0.717, 1.165) is 43.5 Å². The number of guanidine groups is 1. The summed E-state index contributed by atoms with van der Waals surface area (Å²) in [4.78, 5) is 11.7. The third-order valence-corrected chi connectivity index (χ3v) is 4.90. The first kappa shape index (κ1) is 24.4. The molecule has 0 radical (unpaired) electrons. The summed E-state index contributed by atoms with van der Waals surface area (Å²) in [6.07, 6.45) is 2.38. The van der Waals surface area contributed by atoms with Gasteiger partial charge in [-0.2, -0.15) is 0 Å². The molecule has 164 valence electrons. The van der Waals surface area contributed by atoms with Crippen molar-refractivity contribution < 1.29 is 4.74 Å². The first-order valence-electron chi connectivity index (χ1n) is 10.5. The van der Waals surface area contributed by atoms with Gasteiger partial charge >= 0.3 is 0 Å². The van der Waals surface area contributed by atoms with Crippen LogP contribution in [0.2, 0.25) is 0 Å². The molecule has 2 atom stereocenters. The second kappa shape index (κ2) is 12.1. The molecule has 1 aromatic heterocycles. The van der Waals surface area contributed by atoms with Crippen molar-refractivity contribution in [2.75, 3.05) is 24.5 Å². The largest absolute Gasteiger partial charge is 0.372 e. The number of aryl methyl sites for hydroxylation is 1. The van der Waals surface area contributed by atoms with Crippen LogP contribution in [0.4, 0.5) is 5.82 Å². The fourth-order valence-electron chi connectivity index (χ4n) is 3.47. The minimum absolute atomic E-state index is 0. The zero-order valence-corrected chi connectivity index (χ0v) is 20.7. The quantitative estimate of drug-likeness (QED) is 0.342. The van der Waals surface area contributed by atoms with Gasteiger partial charge in [0.1, 0.15) is 5.82 Å². The molecule has 6 nitrogen and oxygen atoms in total. The van der Waals surface area contributed by atoms with Gasteiger partial charge in [-0.3, -0.25) is 0 Å². The number of halogens is 1. The molecule has 2 N–H and O–H groups in total. The minimum atomic E-state index is 0. The monoisotopic (exact) mass is 523 g/mol. The maximum absolute atomic E-state index is 5.81. The molecule has 1 aromatic carbocycles. The Hall–Kier alpha value is -1.87. The highest BCUT2D eigenvalue weighted by Crippen LogP contribution is 2.18. The third-order valence-electron chi connectivity index (χ3n) is 4.90. The molecular formula is C23H34IN5O.